The van der Waals surface area contributed by atoms with Crippen molar-refractivity contribution in [3.8, 4) is 0 Å². The smallest absolute Gasteiger partial charge is 0.0113 e. The Balaban J connectivity index is 1.33. The molecule has 4 nitrogen and oxygen atoms in total. The van der Waals surface area contributed by atoms with E-state index in [0.717, 1.165) is 12.1 Å². The summed E-state index contributed by atoms with van der Waals surface area (Å²) in [7, 11) is 0. The molecule has 0 aromatic heterocycles. The van der Waals surface area contributed by atoms with E-state index >= 15 is 0 Å². The molecule has 0 aromatic carbocycles. The van der Waals surface area contributed by atoms with Gasteiger partial charge in [0.1, 0.15) is 0 Å². The van der Waals surface area contributed by atoms with Gasteiger partial charge in [0.15, 0.2) is 0 Å². The lowest BCUT2D eigenvalue weighted by Gasteiger charge is -2.42. The highest BCUT2D eigenvalue weighted by atomic mass is 15.3. The Labute approximate surface area is 175 Å². The first-order chi connectivity index (χ1) is 13.1. The monoisotopic (exact) mass is 392 g/mol. The first kappa shape index (κ1) is 22.5. The number of rotatable bonds is 8. The topological polar surface area (TPSA) is 13.0 Å². The van der Waals surface area contributed by atoms with Crippen molar-refractivity contribution in [1.82, 2.24) is 19.6 Å². The Kier molecular flexibility index (Phi) is 7.50. The predicted molar refractivity (Wildman–Crippen MR) is 121 cm³/mol. The normalized spacial score (nSPS) is 25.9. The van der Waals surface area contributed by atoms with Crippen molar-refractivity contribution in [2.45, 2.75) is 79.3 Å². The summed E-state index contributed by atoms with van der Waals surface area (Å²) < 4.78 is 0. The van der Waals surface area contributed by atoms with Gasteiger partial charge >= 0.3 is 0 Å². The average molecular weight is 393 g/mol. The minimum absolute atomic E-state index is 0.419. The van der Waals surface area contributed by atoms with E-state index in [1.165, 1.54) is 91.1 Å². The predicted octanol–water partition coefficient (Wildman–Crippen LogP) is 3.63. The summed E-state index contributed by atoms with van der Waals surface area (Å²) in [5.41, 5.74) is 0.853. The lowest BCUT2D eigenvalue weighted by atomic mass is 9.85. The van der Waals surface area contributed by atoms with Crippen molar-refractivity contribution in [2.24, 2.45) is 10.8 Å². The summed E-state index contributed by atoms with van der Waals surface area (Å²) in [5.74, 6) is 0. The molecule has 2 aliphatic heterocycles. The molecule has 2 heterocycles. The first-order valence-corrected chi connectivity index (χ1v) is 12.0. The van der Waals surface area contributed by atoms with Crippen molar-refractivity contribution in [3.63, 3.8) is 0 Å². The van der Waals surface area contributed by atoms with E-state index in [-0.39, 0.29) is 0 Å². The quantitative estimate of drug-likeness (QED) is 0.625. The average Bonchev–Trinajstić information content (AvgIpc) is 3.44. The minimum atomic E-state index is 0.419. The maximum Gasteiger partial charge on any atom is 0.0113 e. The number of piperazine rings is 2. The minimum Gasteiger partial charge on any atom is -0.300 e. The zero-order valence-electron chi connectivity index (χ0n) is 19.8. The second-order valence-electron chi connectivity index (χ2n) is 12.0. The number of hydrogen-bond donors (Lipinski definition) is 0. The van der Waals surface area contributed by atoms with Crippen LogP contribution in [-0.2, 0) is 0 Å². The molecular weight excluding hydrogens is 344 g/mol. The van der Waals surface area contributed by atoms with Crippen LogP contribution in [0.2, 0.25) is 0 Å². The van der Waals surface area contributed by atoms with E-state index in [1.54, 1.807) is 0 Å². The van der Waals surface area contributed by atoms with Crippen molar-refractivity contribution in [2.75, 3.05) is 65.4 Å². The number of hydrogen-bond acceptors (Lipinski definition) is 4. The maximum atomic E-state index is 2.74. The van der Waals surface area contributed by atoms with Gasteiger partial charge in [0.05, 0.1) is 0 Å². The highest BCUT2D eigenvalue weighted by Gasteiger charge is 2.33. The van der Waals surface area contributed by atoms with Crippen LogP contribution in [0, 0.1) is 10.8 Å². The molecule has 28 heavy (non-hydrogen) atoms. The molecule has 1 atom stereocenters. The summed E-state index contributed by atoms with van der Waals surface area (Å²) in [5, 5.41) is 0. The fraction of sp³-hybridized carbons (Fsp3) is 1.00. The molecule has 0 amide bonds. The third kappa shape index (κ3) is 7.27. The van der Waals surface area contributed by atoms with E-state index in [4.69, 9.17) is 0 Å². The van der Waals surface area contributed by atoms with Crippen LogP contribution in [-0.4, -0.2) is 97.1 Å². The fourth-order valence-corrected chi connectivity index (χ4v) is 5.23. The van der Waals surface area contributed by atoms with Crippen LogP contribution < -0.4 is 0 Å². The van der Waals surface area contributed by atoms with Crippen LogP contribution in [0.4, 0.5) is 0 Å². The summed E-state index contributed by atoms with van der Waals surface area (Å²) >= 11 is 0. The van der Waals surface area contributed by atoms with Gasteiger partial charge in [-0.15, -0.1) is 0 Å². The molecule has 3 aliphatic rings. The zero-order chi connectivity index (χ0) is 20.4. The van der Waals surface area contributed by atoms with Crippen molar-refractivity contribution in [3.05, 3.63) is 0 Å². The van der Waals surface area contributed by atoms with Gasteiger partial charge in [0.2, 0.25) is 0 Å². The molecule has 0 N–H and O–H groups in total. The molecule has 0 spiro atoms. The van der Waals surface area contributed by atoms with Gasteiger partial charge in [-0.05, 0) is 43.4 Å². The fourth-order valence-electron chi connectivity index (χ4n) is 5.23. The SMILES string of the molecule is CC(CCC(C)(C)CN1CCN(C2CC2)CC1)N1CCN(CC(C)(C)C)CC1. The molecule has 2 saturated heterocycles. The molecule has 1 aliphatic carbocycles. The summed E-state index contributed by atoms with van der Waals surface area (Å²) in [6.45, 7) is 27.2. The van der Waals surface area contributed by atoms with Crippen LogP contribution in [0.25, 0.3) is 0 Å². The molecular formula is C24H48N4. The maximum absolute atomic E-state index is 2.74. The van der Waals surface area contributed by atoms with Crippen molar-refractivity contribution >= 4 is 0 Å². The zero-order valence-corrected chi connectivity index (χ0v) is 19.8. The van der Waals surface area contributed by atoms with E-state index in [0.29, 0.717) is 10.8 Å². The van der Waals surface area contributed by atoms with Gasteiger partial charge in [-0.1, -0.05) is 34.6 Å². The van der Waals surface area contributed by atoms with Gasteiger partial charge in [-0.2, -0.15) is 0 Å². The van der Waals surface area contributed by atoms with E-state index in [1.807, 2.05) is 0 Å². The third-order valence-electron chi connectivity index (χ3n) is 7.09. The molecule has 1 unspecified atom stereocenters. The lowest BCUT2D eigenvalue weighted by molar-refractivity contribution is 0.0643. The largest absolute Gasteiger partial charge is 0.300 e. The van der Waals surface area contributed by atoms with Gasteiger partial charge in [-0.25, -0.2) is 0 Å². The Bertz CT molecular complexity index is 463. The Morgan fingerprint density at radius 1 is 0.750 bits per heavy atom. The van der Waals surface area contributed by atoms with E-state index in [2.05, 4.69) is 61.1 Å². The van der Waals surface area contributed by atoms with Crippen LogP contribution in [0.1, 0.15) is 67.2 Å². The van der Waals surface area contributed by atoms with Gasteiger partial charge < -0.3 is 9.80 Å². The highest BCUT2D eigenvalue weighted by Crippen LogP contribution is 2.30. The van der Waals surface area contributed by atoms with Crippen LogP contribution >= 0.6 is 0 Å². The summed E-state index contributed by atoms with van der Waals surface area (Å²) in [4.78, 5) is 10.9. The van der Waals surface area contributed by atoms with E-state index < -0.39 is 0 Å². The van der Waals surface area contributed by atoms with E-state index in [9.17, 15) is 0 Å². The standard InChI is InChI=1S/C24H48N4/c1-21(27-15-11-25(12-16-27)19-23(2,3)4)9-10-24(5,6)20-26-13-17-28(18-14-26)22-7-8-22/h21-22H,7-20H2,1-6H3. The van der Waals surface area contributed by atoms with Crippen molar-refractivity contribution < 1.29 is 0 Å². The number of nitrogens with zero attached hydrogens (tertiary/aromatic N) is 4. The molecule has 3 rings (SSSR count). The molecule has 0 bridgehead atoms. The molecule has 0 radical (unpaired) electrons. The summed E-state index contributed by atoms with van der Waals surface area (Å²) in [6.07, 6.45) is 5.59. The Morgan fingerprint density at radius 3 is 1.82 bits per heavy atom. The second kappa shape index (κ2) is 9.32. The molecule has 164 valence electrons. The highest BCUT2D eigenvalue weighted by molar-refractivity contribution is 4.89. The van der Waals surface area contributed by atoms with Crippen LogP contribution in [0.5, 0.6) is 0 Å². The summed E-state index contributed by atoms with van der Waals surface area (Å²) in [6, 6.07) is 1.67. The van der Waals surface area contributed by atoms with Crippen molar-refractivity contribution in [1.29, 1.82) is 0 Å². The molecule has 1 saturated carbocycles. The van der Waals surface area contributed by atoms with Crippen LogP contribution in [0.15, 0.2) is 0 Å². The molecule has 0 aromatic rings. The third-order valence-corrected chi connectivity index (χ3v) is 7.09. The van der Waals surface area contributed by atoms with Gasteiger partial charge in [0, 0.05) is 77.5 Å². The van der Waals surface area contributed by atoms with Gasteiger partial charge in [0.25, 0.3) is 0 Å². The van der Waals surface area contributed by atoms with Gasteiger partial charge in [-0.3, -0.25) is 9.80 Å². The van der Waals surface area contributed by atoms with Crippen LogP contribution in [0.3, 0.4) is 0 Å². The Hall–Kier alpha value is -0.160. The Morgan fingerprint density at radius 2 is 1.29 bits per heavy atom. The molecule has 3 fully saturated rings. The second-order valence-corrected chi connectivity index (χ2v) is 12.0. The first-order valence-electron chi connectivity index (χ1n) is 12.0. The lowest BCUT2D eigenvalue weighted by Crippen LogP contribution is -2.51. The molecule has 4 heteroatoms.